The molecule has 0 spiro atoms. The maximum atomic E-state index is 5.83. The van der Waals surface area contributed by atoms with Crippen LogP contribution < -0.4 is 0 Å². The Morgan fingerprint density at radius 2 is 2.20 bits per heavy atom. The first kappa shape index (κ1) is 8.14. The number of hydrogen-bond donors (Lipinski definition) is 0. The van der Waals surface area contributed by atoms with Gasteiger partial charge in [0, 0.05) is 28.6 Å². The monoisotopic (exact) mass is 267 g/mol. The summed E-state index contributed by atoms with van der Waals surface area (Å²) >= 11 is 8.04. The molecule has 1 heterocycles. The molecule has 0 fully saturated rings. The summed E-state index contributed by atoms with van der Waals surface area (Å²) in [6, 6.07) is 0. The average Bonchev–Trinajstić information content (AvgIpc) is 1.82. The van der Waals surface area contributed by atoms with E-state index in [1.807, 2.05) is 24.3 Å². The van der Waals surface area contributed by atoms with Crippen LogP contribution in [0.25, 0.3) is 0 Å². The molecule has 0 unspecified atom stereocenters. The van der Waals surface area contributed by atoms with Gasteiger partial charge in [-0.1, -0.05) is 18.2 Å². The van der Waals surface area contributed by atoms with Crippen molar-refractivity contribution in [3.05, 3.63) is 33.2 Å². The van der Waals surface area contributed by atoms with Gasteiger partial charge in [0.1, 0.15) is 0 Å². The van der Waals surface area contributed by atoms with Crippen LogP contribution in [0.1, 0.15) is 0 Å². The quantitative estimate of drug-likeness (QED) is 0.610. The lowest BCUT2D eigenvalue weighted by Crippen LogP contribution is -2.07. The van der Waals surface area contributed by atoms with Crippen molar-refractivity contribution >= 4 is 34.2 Å². The summed E-state index contributed by atoms with van der Waals surface area (Å²) in [6.07, 6.45) is 3.82. The van der Waals surface area contributed by atoms with E-state index in [4.69, 9.17) is 11.6 Å². The van der Waals surface area contributed by atoms with Crippen LogP contribution >= 0.6 is 34.2 Å². The second-order valence-electron chi connectivity index (χ2n) is 2.10. The van der Waals surface area contributed by atoms with E-state index >= 15 is 0 Å². The van der Waals surface area contributed by atoms with Gasteiger partial charge in [0.15, 0.2) is 0 Å². The van der Waals surface area contributed by atoms with Gasteiger partial charge < -0.3 is 4.90 Å². The van der Waals surface area contributed by atoms with Crippen LogP contribution in [-0.2, 0) is 0 Å². The highest BCUT2D eigenvalue weighted by Crippen LogP contribution is 2.29. The minimum absolute atomic E-state index is 0.717. The summed E-state index contributed by atoms with van der Waals surface area (Å²) in [4.78, 5) is 1.92. The first-order valence-electron chi connectivity index (χ1n) is 2.77. The topological polar surface area (TPSA) is 3.24 Å². The molecule has 3 heteroatoms. The lowest BCUT2D eigenvalue weighted by Gasteiger charge is -2.17. The number of nitrogens with zero attached hydrogens (tertiary/aromatic N) is 1. The molecule has 0 bridgehead atoms. The minimum Gasteiger partial charge on any atom is -0.355 e. The van der Waals surface area contributed by atoms with Crippen LogP contribution in [-0.4, -0.2) is 11.9 Å². The summed E-state index contributed by atoms with van der Waals surface area (Å²) in [7, 11) is 1.94. The predicted molar refractivity (Wildman–Crippen MR) is 52.9 cm³/mol. The van der Waals surface area contributed by atoms with Crippen molar-refractivity contribution in [2.75, 3.05) is 7.05 Å². The van der Waals surface area contributed by atoms with E-state index in [0.29, 0.717) is 0 Å². The summed E-state index contributed by atoms with van der Waals surface area (Å²) in [5, 5.41) is 0.717. The van der Waals surface area contributed by atoms with Gasteiger partial charge in [0.2, 0.25) is 0 Å². The zero-order valence-corrected chi connectivity index (χ0v) is 8.48. The van der Waals surface area contributed by atoms with E-state index in [1.54, 1.807) is 0 Å². The molecule has 0 aromatic rings. The molecule has 0 atom stereocenters. The number of allylic oxidation sites excluding steroid dienone is 3. The minimum atomic E-state index is 0.717. The Bertz CT molecular complexity index is 208. The number of hydrogen-bond acceptors (Lipinski definition) is 1. The molecule has 0 amide bonds. The van der Waals surface area contributed by atoms with Crippen LogP contribution in [0.5, 0.6) is 0 Å². The summed E-state index contributed by atoms with van der Waals surface area (Å²) in [5.74, 6) is 0. The molecule has 0 saturated carbocycles. The molecule has 10 heavy (non-hydrogen) atoms. The second kappa shape index (κ2) is 2.96. The molecular formula is C7H7ClIN. The van der Waals surface area contributed by atoms with Gasteiger partial charge in [-0.15, -0.1) is 0 Å². The second-order valence-corrected chi connectivity index (χ2v) is 3.67. The lowest BCUT2D eigenvalue weighted by atomic mass is 10.2. The molecule has 1 rings (SSSR count). The fourth-order valence-electron chi connectivity index (χ4n) is 0.665. The number of rotatable bonds is 0. The Morgan fingerprint density at radius 3 is 2.70 bits per heavy atom. The van der Waals surface area contributed by atoms with Gasteiger partial charge in [-0.25, -0.2) is 0 Å². The molecule has 0 N–H and O–H groups in total. The fraction of sp³-hybridized carbons (Fsp3) is 0.143. The molecule has 54 valence electrons. The molecular weight excluding hydrogens is 260 g/mol. The first-order chi connectivity index (χ1) is 4.61. The van der Waals surface area contributed by atoms with Gasteiger partial charge in [-0.2, -0.15) is 0 Å². The van der Waals surface area contributed by atoms with Crippen molar-refractivity contribution in [1.29, 1.82) is 0 Å². The molecule has 1 aliphatic heterocycles. The smallest absolute Gasteiger partial charge is 0.0645 e. The van der Waals surface area contributed by atoms with Crippen molar-refractivity contribution in [2.45, 2.75) is 0 Å². The SMILES string of the molecule is C=C1C(Cl)=CN(C)C=C1I. The largest absolute Gasteiger partial charge is 0.355 e. The summed E-state index contributed by atoms with van der Waals surface area (Å²) < 4.78 is 1.09. The summed E-state index contributed by atoms with van der Waals surface area (Å²) in [5.41, 5.74) is 0.903. The highest BCUT2D eigenvalue weighted by Gasteiger charge is 2.09. The van der Waals surface area contributed by atoms with Gasteiger partial charge in [-0.3, -0.25) is 0 Å². The third-order valence-electron chi connectivity index (χ3n) is 1.21. The summed E-state index contributed by atoms with van der Waals surface area (Å²) in [6.45, 7) is 3.81. The molecule has 0 aromatic carbocycles. The van der Waals surface area contributed by atoms with Crippen molar-refractivity contribution in [3.8, 4) is 0 Å². The fourth-order valence-corrected chi connectivity index (χ4v) is 1.81. The van der Waals surface area contributed by atoms with Crippen molar-refractivity contribution in [1.82, 2.24) is 4.90 Å². The van der Waals surface area contributed by atoms with Gasteiger partial charge in [0.05, 0.1) is 5.03 Å². The van der Waals surface area contributed by atoms with Crippen molar-refractivity contribution in [3.63, 3.8) is 0 Å². The number of halogens is 2. The maximum Gasteiger partial charge on any atom is 0.0645 e. The Labute approximate surface area is 79.2 Å². The Hall–Kier alpha value is 0.0400. The predicted octanol–water partition coefficient (Wildman–Crippen LogP) is 2.84. The highest BCUT2D eigenvalue weighted by atomic mass is 127. The molecule has 1 nitrogen and oxygen atoms in total. The Kier molecular flexibility index (Phi) is 2.41. The van der Waals surface area contributed by atoms with E-state index < -0.39 is 0 Å². The van der Waals surface area contributed by atoms with Crippen LogP contribution in [0.15, 0.2) is 33.2 Å². The van der Waals surface area contributed by atoms with E-state index in [-0.39, 0.29) is 0 Å². The van der Waals surface area contributed by atoms with E-state index in [0.717, 1.165) is 14.2 Å². The van der Waals surface area contributed by atoms with Crippen LogP contribution in [0.3, 0.4) is 0 Å². The van der Waals surface area contributed by atoms with Crippen molar-refractivity contribution in [2.24, 2.45) is 0 Å². The normalized spacial score (nSPS) is 18.7. The molecule has 0 aliphatic carbocycles. The van der Waals surface area contributed by atoms with E-state index in [1.165, 1.54) is 0 Å². The van der Waals surface area contributed by atoms with Crippen LogP contribution in [0.2, 0.25) is 0 Å². The van der Waals surface area contributed by atoms with E-state index in [2.05, 4.69) is 29.2 Å². The molecule has 1 aliphatic rings. The zero-order valence-electron chi connectivity index (χ0n) is 5.56. The molecule has 0 aromatic heterocycles. The lowest BCUT2D eigenvalue weighted by molar-refractivity contribution is 0.617. The van der Waals surface area contributed by atoms with Gasteiger partial charge >= 0.3 is 0 Å². The third kappa shape index (κ3) is 1.55. The first-order valence-corrected chi connectivity index (χ1v) is 4.23. The third-order valence-corrected chi connectivity index (χ3v) is 2.47. The van der Waals surface area contributed by atoms with Gasteiger partial charge in [0.25, 0.3) is 0 Å². The zero-order chi connectivity index (χ0) is 7.72. The molecule has 0 radical (unpaired) electrons. The van der Waals surface area contributed by atoms with Crippen molar-refractivity contribution < 1.29 is 0 Å². The van der Waals surface area contributed by atoms with Crippen LogP contribution in [0.4, 0.5) is 0 Å². The standard InChI is InChI=1S/C7H7ClIN/c1-5-6(8)3-10(2)4-7(5)9/h3-4H,1H2,2H3. The van der Waals surface area contributed by atoms with Gasteiger partial charge in [-0.05, 0) is 22.6 Å². The van der Waals surface area contributed by atoms with Crippen LogP contribution in [0, 0.1) is 0 Å². The molecule has 0 saturated heterocycles. The van der Waals surface area contributed by atoms with E-state index in [9.17, 15) is 0 Å². The Balaban J connectivity index is 2.94. The Morgan fingerprint density at radius 1 is 1.60 bits per heavy atom. The highest BCUT2D eigenvalue weighted by molar-refractivity contribution is 14.1. The average molecular weight is 267 g/mol. The maximum absolute atomic E-state index is 5.83.